The van der Waals surface area contributed by atoms with Crippen LogP contribution in [-0.2, 0) is 6.42 Å². The SMILES string of the molecule is OC(Cc1cccs1)c1ccc(F)cc1. The number of aliphatic hydroxyl groups excluding tert-OH is 1. The lowest BCUT2D eigenvalue weighted by molar-refractivity contribution is 0.179. The molecule has 0 bridgehead atoms. The van der Waals surface area contributed by atoms with Crippen LogP contribution in [0.15, 0.2) is 41.8 Å². The number of aliphatic hydroxyl groups is 1. The Morgan fingerprint density at radius 3 is 2.53 bits per heavy atom. The van der Waals surface area contributed by atoms with Gasteiger partial charge in [0.2, 0.25) is 0 Å². The third-order valence-corrected chi connectivity index (χ3v) is 3.13. The van der Waals surface area contributed by atoms with E-state index in [1.807, 2.05) is 17.5 Å². The van der Waals surface area contributed by atoms with Crippen LogP contribution in [0.5, 0.6) is 0 Å². The van der Waals surface area contributed by atoms with Crippen molar-refractivity contribution in [2.75, 3.05) is 0 Å². The second-order valence-corrected chi connectivity index (χ2v) is 4.38. The normalized spacial score (nSPS) is 12.7. The van der Waals surface area contributed by atoms with E-state index in [1.165, 1.54) is 12.1 Å². The molecule has 1 nitrogen and oxygen atoms in total. The summed E-state index contributed by atoms with van der Waals surface area (Å²) >= 11 is 1.61. The molecule has 0 fully saturated rings. The van der Waals surface area contributed by atoms with Crippen molar-refractivity contribution in [1.82, 2.24) is 0 Å². The maximum atomic E-state index is 12.6. The Hall–Kier alpha value is -1.19. The summed E-state index contributed by atoms with van der Waals surface area (Å²) in [7, 11) is 0. The molecule has 0 aliphatic rings. The van der Waals surface area contributed by atoms with Gasteiger partial charge in [-0.25, -0.2) is 4.39 Å². The van der Waals surface area contributed by atoms with E-state index in [4.69, 9.17) is 0 Å². The van der Waals surface area contributed by atoms with E-state index in [0.29, 0.717) is 6.42 Å². The van der Waals surface area contributed by atoms with Crippen LogP contribution >= 0.6 is 11.3 Å². The van der Waals surface area contributed by atoms with Crippen molar-refractivity contribution in [2.45, 2.75) is 12.5 Å². The molecule has 0 saturated heterocycles. The predicted octanol–water partition coefficient (Wildman–Crippen LogP) is 3.16. The molecule has 0 aliphatic carbocycles. The fourth-order valence-electron chi connectivity index (χ4n) is 1.42. The average molecular weight is 222 g/mol. The summed E-state index contributed by atoms with van der Waals surface area (Å²) in [6.45, 7) is 0. The van der Waals surface area contributed by atoms with Crippen molar-refractivity contribution in [3.63, 3.8) is 0 Å². The monoisotopic (exact) mass is 222 g/mol. The van der Waals surface area contributed by atoms with E-state index in [-0.39, 0.29) is 5.82 Å². The van der Waals surface area contributed by atoms with Gasteiger partial charge in [-0.15, -0.1) is 11.3 Å². The lowest BCUT2D eigenvalue weighted by Gasteiger charge is -2.09. The summed E-state index contributed by atoms with van der Waals surface area (Å²) in [5, 5.41) is 11.8. The van der Waals surface area contributed by atoms with Gasteiger partial charge in [0.25, 0.3) is 0 Å². The van der Waals surface area contributed by atoms with Crippen molar-refractivity contribution in [2.24, 2.45) is 0 Å². The Morgan fingerprint density at radius 2 is 1.93 bits per heavy atom. The second-order valence-electron chi connectivity index (χ2n) is 3.35. The fourth-order valence-corrected chi connectivity index (χ4v) is 2.17. The van der Waals surface area contributed by atoms with E-state index in [1.54, 1.807) is 23.5 Å². The third-order valence-electron chi connectivity index (χ3n) is 2.23. The van der Waals surface area contributed by atoms with Gasteiger partial charge >= 0.3 is 0 Å². The van der Waals surface area contributed by atoms with Gasteiger partial charge in [0, 0.05) is 11.3 Å². The molecule has 0 aliphatic heterocycles. The molecule has 1 aromatic heterocycles. The highest BCUT2D eigenvalue weighted by molar-refractivity contribution is 7.09. The number of hydrogen-bond donors (Lipinski definition) is 1. The van der Waals surface area contributed by atoms with Crippen molar-refractivity contribution < 1.29 is 9.50 Å². The van der Waals surface area contributed by atoms with Gasteiger partial charge < -0.3 is 5.11 Å². The first kappa shape index (κ1) is 10.3. The van der Waals surface area contributed by atoms with Gasteiger partial charge in [-0.2, -0.15) is 0 Å². The molecule has 0 spiro atoms. The van der Waals surface area contributed by atoms with Crippen molar-refractivity contribution in [1.29, 1.82) is 0 Å². The summed E-state index contributed by atoms with van der Waals surface area (Å²) in [5.41, 5.74) is 0.754. The Morgan fingerprint density at radius 1 is 1.20 bits per heavy atom. The van der Waals surface area contributed by atoms with Gasteiger partial charge in [0.1, 0.15) is 5.82 Å². The molecule has 78 valence electrons. The fraction of sp³-hybridized carbons (Fsp3) is 0.167. The van der Waals surface area contributed by atoms with Crippen LogP contribution in [0.2, 0.25) is 0 Å². The first-order valence-corrected chi connectivity index (χ1v) is 5.59. The smallest absolute Gasteiger partial charge is 0.123 e. The maximum Gasteiger partial charge on any atom is 0.123 e. The summed E-state index contributed by atoms with van der Waals surface area (Å²) in [4.78, 5) is 1.13. The number of hydrogen-bond acceptors (Lipinski definition) is 2. The van der Waals surface area contributed by atoms with Crippen LogP contribution in [0, 0.1) is 5.82 Å². The summed E-state index contributed by atoms with van der Waals surface area (Å²) in [6.07, 6.45) is 0.0350. The molecule has 15 heavy (non-hydrogen) atoms. The van der Waals surface area contributed by atoms with E-state index in [0.717, 1.165) is 10.4 Å². The molecule has 1 atom stereocenters. The maximum absolute atomic E-state index is 12.6. The molecule has 3 heteroatoms. The van der Waals surface area contributed by atoms with E-state index < -0.39 is 6.10 Å². The van der Waals surface area contributed by atoms with Gasteiger partial charge in [-0.1, -0.05) is 18.2 Å². The Bertz CT molecular complexity index is 408. The number of benzene rings is 1. The second kappa shape index (κ2) is 4.55. The van der Waals surface area contributed by atoms with Crippen LogP contribution in [-0.4, -0.2) is 5.11 Å². The van der Waals surface area contributed by atoms with Gasteiger partial charge in [-0.3, -0.25) is 0 Å². The largest absolute Gasteiger partial charge is 0.388 e. The zero-order valence-electron chi connectivity index (χ0n) is 8.06. The Labute approximate surface area is 91.8 Å². The molecule has 1 unspecified atom stereocenters. The van der Waals surface area contributed by atoms with Crippen molar-refractivity contribution in [3.8, 4) is 0 Å². The van der Waals surface area contributed by atoms with Crippen LogP contribution in [0.4, 0.5) is 4.39 Å². The van der Waals surface area contributed by atoms with E-state index in [9.17, 15) is 9.50 Å². The molecule has 1 heterocycles. The van der Waals surface area contributed by atoms with Gasteiger partial charge in [0.05, 0.1) is 6.10 Å². The number of rotatable bonds is 3. The Balaban J connectivity index is 2.08. The molecular weight excluding hydrogens is 211 g/mol. The van der Waals surface area contributed by atoms with Crippen molar-refractivity contribution >= 4 is 11.3 Å². The number of thiophene rings is 1. The molecule has 0 radical (unpaired) electrons. The van der Waals surface area contributed by atoms with Gasteiger partial charge in [0.15, 0.2) is 0 Å². The molecule has 0 amide bonds. The quantitative estimate of drug-likeness (QED) is 0.845. The zero-order chi connectivity index (χ0) is 10.7. The standard InChI is InChI=1S/C12H11FOS/c13-10-5-3-9(4-6-10)12(14)8-11-2-1-7-15-11/h1-7,12,14H,8H2. The minimum Gasteiger partial charge on any atom is -0.388 e. The summed E-state index contributed by atoms with van der Waals surface area (Å²) in [5.74, 6) is -0.276. The lowest BCUT2D eigenvalue weighted by Crippen LogP contribution is -2.00. The highest BCUT2D eigenvalue weighted by Crippen LogP contribution is 2.21. The third kappa shape index (κ3) is 2.64. The van der Waals surface area contributed by atoms with Crippen molar-refractivity contribution in [3.05, 3.63) is 58.0 Å². The molecular formula is C12H11FOS. The highest BCUT2D eigenvalue weighted by Gasteiger charge is 2.08. The molecule has 0 saturated carbocycles. The molecule has 2 rings (SSSR count). The number of halogens is 1. The summed E-state index contributed by atoms with van der Waals surface area (Å²) in [6, 6.07) is 9.91. The minimum absolute atomic E-state index is 0.276. The highest BCUT2D eigenvalue weighted by atomic mass is 32.1. The van der Waals surface area contributed by atoms with Crippen LogP contribution < -0.4 is 0 Å². The lowest BCUT2D eigenvalue weighted by atomic mass is 10.1. The van der Waals surface area contributed by atoms with Crippen LogP contribution in [0.1, 0.15) is 16.5 Å². The molecule has 2 aromatic rings. The average Bonchev–Trinajstić information content (AvgIpc) is 2.71. The van der Waals surface area contributed by atoms with Crippen LogP contribution in [0.3, 0.4) is 0 Å². The minimum atomic E-state index is -0.552. The molecule has 1 N–H and O–H groups in total. The van der Waals surface area contributed by atoms with Gasteiger partial charge in [-0.05, 0) is 29.1 Å². The molecule has 1 aromatic carbocycles. The first-order valence-electron chi connectivity index (χ1n) is 4.71. The first-order chi connectivity index (χ1) is 7.25. The zero-order valence-corrected chi connectivity index (χ0v) is 8.88. The topological polar surface area (TPSA) is 20.2 Å². The van der Waals surface area contributed by atoms with E-state index in [2.05, 4.69) is 0 Å². The van der Waals surface area contributed by atoms with E-state index >= 15 is 0 Å². The summed E-state index contributed by atoms with van der Waals surface area (Å²) < 4.78 is 12.6. The predicted molar refractivity (Wildman–Crippen MR) is 59.4 cm³/mol. The Kier molecular flexibility index (Phi) is 3.14. The van der Waals surface area contributed by atoms with Crippen LogP contribution in [0.25, 0.3) is 0 Å².